The Bertz CT molecular complexity index is 460. The molecule has 0 aromatic carbocycles. The Morgan fingerprint density at radius 2 is 2.00 bits per heavy atom. The van der Waals surface area contributed by atoms with Crippen molar-refractivity contribution in [2.45, 2.75) is 46.6 Å². The Balaban J connectivity index is 2.69. The highest BCUT2D eigenvalue weighted by atomic mass is 16.5. The van der Waals surface area contributed by atoms with Gasteiger partial charge in [0.25, 0.3) is 0 Å². The minimum atomic E-state index is -0.618. The molecule has 1 amide bonds. The Morgan fingerprint density at radius 1 is 1.35 bits per heavy atom. The normalized spacial score (nSPS) is 12.3. The maximum Gasteiger partial charge on any atom is 0.328 e. The van der Waals surface area contributed by atoms with E-state index in [0.717, 1.165) is 5.56 Å². The second-order valence-corrected chi connectivity index (χ2v) is 5.25. The summed E-state index contributed by atoms with van der Waals surface area (Å²) in [5, 5.41) is 6.51. The molecular weight excluding hydrogens is 260 g/mol. The van der Waals surface area contributed by atoms with Gasteiger partial charge in [-0.25, -0.2) is 4.79 Å². The van der Waals surface area contributed by atoms with Crippen LogP contribution in [0.4, 0.5) is 0 Å². The lowest BCUT2D eigenvalue weighted by atomic mass is 10.0. The minimum absolute atomic E-state index is 0.146. The second kappa shape index (κ2) is 7.07. The number of nitrogens with zero attached hydrogens (tertiary/aromatic N) is 1. The zero-order valence-corrected chi connectivity index (χ0v) is 12.6. The number of hydrogen-bond acceptors (Lipinski definition) is 5. The molecule has 0 spiro atoms. The quantitative estimate of drug-likeness (QED) is 0.800. The molecule has 0 radical (unpaired) electrons. The lowest BCUT2D eigenvalue weighted by molar-refractivity contribution is -0.145. The summed E-state index contributed by atoms with van der Waals surface area (Å²) in [6.45, 7) is 7.51. The summed E-state index contributed by atoms with van der Waals surface area (Å²) < 4.78 is 9.72. The molecule has 0 aliphatic rings. The molecule has 1 unspecified atom stereocenters. The van der Waals surface area contributed by atoms with Crippen LogP contribution in [-0.4, -0.2) is 30.2 Å². The Kier molecular flexibility index (Phi) is 5.73. The van der Waals surface area contributed by atoms with Crippen molar-refractivity contribution in [3.8, 4) is 0 Å². The van der Waals surface area contributed by atoms with Gasteiger partial charge in [-0.2, -0.15) is 0 Å². The minimum Gasteiger partial charge on any atom is -0.467 e. The number of hydrogen-bond donors (Lipinski definition) is 1. The molecular formula is C14H22N2O4. The molecule has 1 rings (SSSR count). The lowest BCUT2D eigenvalue weighted by Gasteiger charge is -2.18. The Morgan fingerprint density at radius 3 is 2.45 bits per heavy atom. The Labute approximate surface area is 118 Å². The highest BCUT2D eigenvalue weighted by Crippen LogP contribution is 2.13. The molecule has 6 nitrogen and oxygen atoms in total. The van der Waals surface area contributed by atoms with Gasteiger partial charge in [-0.05, 0) is 26.2 Å². The van der Waals surface area contributed by atoms with E-state index in [4.69, 9.17) is 9.26 Å². The van der Waals surface area contributed by atoms with Crippen LogP contribution in [0, 0.1) is 19.8 Å². The third kappa shape index (κ3) is 4.36. The van der Waals surface area contributed by atoms with Crippen molar-refractivity contribution >= 4 is 11.9 Å². The van der Waals surface area contributed by atoms with Crippen molar-refractivity contribution in [3.63, 3.8) is 0 Å². The number of nitrogens with one attached hydrogen (secondary N) is 1. The van der Waals surface area contributed by atoms with Crippen LogP contribution >= 0.6 is 0 Å². The van der Waals surface area contributed by atoms with Crippen LogP contribution in [-0.2, 0) is 20.7 Å². The van der Waals surface area contributed by atoms with E-state index in [1.165, 1.54) is 7.11 Å². The summed E-state index contributed by atoms with van der Waals surface area (Å²) in [6, 6.07) is -0.618. The van der Waals surface area contributed by atoms with Gasteiger partial charge in [-0.15, -0.1) is 0 Å². The topological polar surface area (TPSA) is 81.4 Å². The van der Waals surface area contributed by atoms with E-state index in [0.29, 0.717) is 17.9 Å². The first-order chi connectivity index (χ1) is 9.35. The van der Waals surface area contributed by atoms with Crippen LogP contribution in [0.3, 0.4) is 0 Å². The number of ether oxygens (including phenoxy) is 1. The molecule has 0 saturated carbocycles. The van der Waals surface area contributed by atoms with Gasteiger partial charge in [0, 0.05) is 5.56 Å². The molecule has 0 aliphatic heterocycles. The third-order valence-electron chi connectivity index (χ3n) is 3.05. The van der Waals surface area contributed by atoms with Crippen molar-refractivity contribution in [1.29, 1.82) is 0 Å². The SMILES string of the molecule is COC(=O)C(CC(C)C)NC(=O)Cc1c(C)noc1C. The Hall–Kier alpha value is -1.85. The summed E-state index contributed by atoms with van der Waals surface area (Å²) in [5.74, 6) is 0.232. The van der Waals surface area contributed by atoms with Crippen LogP contribution < -0.4 is 5.32 Å². The number of carbonyl (C=O) groups is 2. The predicted octanol–water partition coefficient (Wildman–Crippen LogP) is 1.54. The van der Waals surface area contributed by atoms with E-state index >= 15 is 0 Å². The molecule has 0 aliphatic carbocycles. The monoisotopic (exact) mass is 282 g/mol. The van der Waals surface area contributed by atoms with E-state index in [1.54, 1.807) is 13.8 Å². The number of amides is 1. The van der Waals surface area contributed by atoms with Gasteiger partial charge in [-0.3, -0.25) is 4.79 Å². The number of carbonyl (C=O) groups excluding carboxylic acids is 2. The van der Waals surface area contributed by atoms with Gasteiger partial charge in [0.1, 0.15) is 11.8 Å². The van der Waals surface area contributed by atoms with Gasteiger partial charge < -0.3 is 14.6 Å². The smallest absolute Gasteiger partial charge is 0.328 e. The summed E-state index contributed by atoms with van der Waals surface area (Å²) in [6.07, 6.45) is 0.687. The summed E-state index contributed by atoms with van der Waals surface area (Å²) >= 11 is 0. The van der Waals surface area contributed by atoms with E-state index in [1.807, 2.05) is 13.8 Å². The molecule has 112 valence electrons. The molecule has 20 heavy (non-hydrogen) atoms. The number of aromatic nitrogens is 1. The van der Waals surface area contributed by atoms with Crippen molar-refractivity contribution < 1.29 is 18.8 Å². The molecule has 1 heterocycles. The fourth-order valence-electron chi connectivity index (χ4n) is 1.99. The number of rotatable bonds is 6. The summed E-state index contributed by atoms with van der Waals surface area (Å²) in [5.41, 5.74) is 1.45. The first kappa shape index (κ1) is 16.2. The number of esters is 1. The van der Waals surface area contributed by atoms with E-state index in [9.17, 15) is 9.59 Å². The molecule has 0 bridgehead atoms. The zero-order valence-electron chi connectivity index (χ0n) is 12.6. The summed E-state index contributed by atoms with van der Waals surface area (Å²) in [7, 11) is 1.32. The fourth-order valence-corrected chi connectivity index (χ4v) is 1.99. The van der Waals surface area contributed by atoms with Crippen LogP contribution in [0.15, 0.2) is 4.52 Å². The third-order valence-corrected chi connectivity index (χ3v) is 3.05. The van der Waals surface area contributed by atoms with Gasteiger partial charge in [-0.1, -0.05) is 19.0 Å². The van der Waals surface area contributed by atoms with Crippen molar-refractivity contribution in [2.75, 3.05) is 7.11 Å². The van der Waals surface area contributed by atoms with Crippen LogP contribution in [0.5, 0.6) is 0 Å². The molecule has 1 atom stereocenters. The second-order valence-electron chi connectivity index (χ2n) is 5.25. The van der Waals surface area contributed by atoms with Crippen molar-refractivity contribution in [1.82, 2.24) is 10.5 Å². The van der Waals surface area contributed by atoms with Crippen molar-refractivity contribution in [3.05, 3.63) is 17.0 Å². The van der Waals surface area contributed by atoms with Gasteiger partial charge in [0.2, 0.25) is 5.91 Å². The predicted molar refractivity (Wildman–Crippen MR) is 73.1 cm³/mol. The standard InChI is InChI=1S/C14H22N2O4/c1-8(2)6-12(14(18)19-5)15-13(17)7-11-9(3)16-20-10(11)4/h8,12H,6-7H2,1-5H3,(H,15,17). The van der Waals surface area contributed by atoms with Crippen LogP contribution in [0.1, 0.15) is 37.3 Å². The molecule has 0 fully saturated rings. The largest absolute Gasteiger partial charge is 0.467 e. The van der Waals surface area contributed by atoms with E-state index in [-0.39, 0.29) is 18.2 Å². The van der Waals surface area contributed by atoms with Crippen LogP contribution in [0.25, 0.3) is 0 Å². The molecule has 1 aromatic heterocycles. The lowest BCUT2D eigenvalue weighted by Crippen LogP contribution is -2.43. The fraction of sp³-hybridized carbons (Fsp3) is 0.643. The van der Waals surface area contributed by atoms with Gasteiger partial charge in [0.05, 0.1) is 19.2 Å². The molecule has 0 saturated heterocycles. The van der Waals surface area contributed by atoms with E-state index < -0.39 is 12.0 Å². The zero-order chi connectivity index (χ0) is 15.3. The molecule has 1 aromatic rings. The van der Waals surface area contributed by atoms with E-state index in [2.05, 4.69) is 10.5 Å². The highest BCUT2D eigenvalue weighted by molar-refractivity contribution is 5.85. The van der Waals surface area contributed by atoms with Crippen molar-refractivity contribution in [2.24, 2.45) is 5.92 Å². The van der Waals surface area contributed by atoms with Gasteiger partial charge in [0.15, 0.2) is 0 Å². The van der Waals surface area contributed by atoms with Crippen LogP contribution in [0.2, 0.25) is 0 Å². The molecule has 1 N–H and O–H groups in total. The number of aryl methyl sites for hydroxylation is 2. The first-order valence-electron chi connectivity index (χ1n) is 6.64. The first-order valence-corrected chi connectivity index (χ1v) is 6.64. The average Bonchev–Trinajstić information content (AvgIpc) is 2.68. The molecule has 6 heteroatoms. The highest BCUT2D eigenvalue weighted by Gasteiger charge is 2.23. The summed E-state index contributed by atoms with van der Waals surface area (Å²) in [4.78, 5) is 23.7. The number of methoxy groups -OCH3 is 1. The maximum atomic E-state index is 12.0. The maximum absolute atomic E-state index is 12.0. The van der Waals surface area contributed by atoms with Gasteiger partial charge >= 0.3 is 5.97 Å². The average molecular weight is 282 g/mol.